The molecule has 39 heavy (non-hydrogen) atoms. The van der Waals surface area contributed by atoms with Crippen LogP contribution in [0.2, 0.25) is 5.02 Å². The summed E-state index contributed by atoms with van der Waals surface area (Å²) in [4.78, 5) is 18.2. The molecule has 0 spiro atoms. The molecule has 0 saturated heterocycles. The lowest BCUT2D eigenvalue weighted by Crippen LogP contribution is -2.49. The summed E-state index contributed by atoms with van der Waals surface area (Å²) in [6.45, 7) is 6.79. The van der Waals surface area contributed by atoms with E-state index < -0.39 is 5.82 Å². The first kappa shape index (κ1) is 27.1. The molecule has 5 rings (SSSR count). The molecule has 1 fully saturated rings. The Kier molecular flexibility index (Phi) is 7.89. The fraction of sp³-hybridized carbons (Fsp3) is 0.387. The minimum absolute atomic E-state index is 0.00883. The number of aryl methyl sites for hydroxylation is 1. The molecule has 1 atom stereocenters. The van der Waals surface area contributed by atoms with Crippen molar-refractivity contribution in [2.24, 2.45) is 0 Å². The van der Waals surface area contributed by atoms with Gasteiger partial charge in [-0.3, -0.25) is 4.79 Å². The second kappa shape index (κ2) is 11.3. The molecule has 1 N–H and O–H groups in total. The fourth-order valence-electron chi connectivity index (χ4n) is 5.19. The summed E-state index contributed by atoms with van der Waals surface area (Å²) in [5.74, 6) is 0.581. The van der Waals surface area contributed by atoms with Gasteiger partial charge >= 0.3 is 0 Å². The third-order valence-corrected chi connectivity index (χ3v) is 7.69. The van der Waals surface area contributed by atoms with Crippen LogP contribution in [-0.2, 0) is 0 Å². The lowest BCUT2D eigenvalue weighted by molar-refractivity contribution is 0.0950. The third kappa shape index (κ3) is 5.37. The zero-order chi connectivity index (χ0) is 27.7. The van der Waals surface area contributed by atoms with Gasteiger partial charge in [0, 0.05) is 42.1 Å². The Morgan fingerprint density at radius 1 is 1.26 bits per heavy atom. The first-order valence-electron chi connectivity index (χ1n) is 13.6. The van der Waals surface area contributed by atoms with E-state index in [1.807, 2.05) is 32.0 Å². The van der Waals surface area contributed by atoms with Gasteiger partial charge in [0.05, 0.1) is 18.7 Å². The van der Waals surface area contributed by atoms with Crippen LogP contribution in [0.1, 0.15) is 67.1 Å². The summed E-state index contributed by atoms with van der Waals surface area (Å²) < 4.78 is 28.1. The molecule has 1 aliphatic carbocycles. The summed E-state index contributed by atoms with van der Waals surface area (Å²) in [5.41, 5.74) is 3.24. The van der Waals surface area contributed by atoms with E-state index in [9.17, 15) is 9.18 Å². The highest BCUT2D eigenvalue weighted by molar-refractivity contribution is 6.33. The minimum Gasteiger partial charge on any atom is -0.491 e. The SMILES string of the molecule is CCCC(CNC(=O)c1cc(OC)c2c(c1)=C[N+]=2C1CC1)c1cc(C)c(OCC)c(-c2cccc(F)c2Cl)n1. The molecule has 204 valence electrons. The number of nitrogens with one attached hydrogen (secondary N) is 1. The highest BCUT2D eigenvalue weighted by atomic mass is 35.5. The average molecular weight is 551 g/mol. The standard InChI is InChI=1S/C31H33ClFN3O3/c1-5-8-19(16-34-31(37)20-14-21-17-36(22-11-12-22)29(21)26(15-20)38-4)25-13-18(3)30(39-6-2)28(35-25)23-9-7-10-24(33)27(23)32/h7,9-10,13-15,17,19,22H,5-6,8,11-12,16H2,1-4H3/p+1. The number of hydrogen-bond acceptors (Lipinski definition) is 4. The second-order valence-electron chi connectivity index (χ2n) is 10.2. The Morgan fingerprint density at radius 3 is 2.74 bits per heavy atom. The van der Waals surface area contributed by atoms with Gasteiger partial charge in [-0.05, 0) is 50.1 Å². The van der Waals surface area contributed by atoms with Crippen LogP contribution in [0.3, 0.4) is 0 Å². The van der Waals surface area contributed by atoms with Crippen molar-refractivity contribution < 1.29 is 18.7 Å². The van der Waals surface area contributed by atoms with Crippen LogP contribution < -0.4 is 29.9 Å². The average Bonchev–Trinajstić information content (AvgIpc) is 3.74. The van der Waals surface area contributed by atoms with Crippen molar-refractivity contribution in [1.29, 1.82) is 0 Å². The number of benzene rings is 2. The van der Waals surface area contributed by atoms with Crippen molar-refractivity contribution in [3.05, 3.63) is 74.6 Å². The quantitative estimate of drug-likeness (QED) is 0.342. The molecule has 3 aromatic rings. The van der Waals surface area contributed by atoms with Gasteiger partial charge in [-0.1, -0.05) is 37.1 Å². The zero-order valence-electron chi connectivity index (χ0n) is 22.8. The smallest absolute Gasteiger partial charge is 0.261 e. The summed E-state index contributed by atoms with van der Waals surface area (Å²) >= 11 is 6.36. The van der Waals surface area contributed by atoms with E-state index in [2.05, 4.69) is 23.0 Å². The lowest BCUT2D eigenvalue weighted by atomic mass is 9.96. The summed E-state index contributed by atoms with van der Waals surface area (Å²) in [7, 11) is 1.64. The predicted octanol–water partition coefficient (Wildman–Crippen LogP) is 4.98. The van der Waals surface area contributed by atoms with E-state index >= 15 is 0 Å². The highest BCUT2D eigenvalue weighted by Crippen LogP contribution is 2.38. The number of amides is 1. The maximum atomic E-state index is 14.3. The molecule has 0 bridgehead atoms. The van der Waals surface area contributed by atoms with Crippen molar-refractivity contribution in [1.82, 2.24) is 14.9 Å². The van der Waals surface area contributed by atoms with Gasteiger partial charge in [-0.25, -0.2) is 9.37 Å². The van der Waals surface area contributed by atoms with E-state index in [4.69, 9.17) is 26.1 Å². The molecular formula is C31H34ClFN3O3+. The predicted molar refractivity (Wildman–Crippen MR) is 151 cm³/mol. The fourth-order valence-corrected chi connectivity index (χ4v) is 5.41. The minimum atomic E-state index is -0.509. The van der Waals surface area contributed by atoms with Gasteiger partial charge in [0.1, 0.15) is 22.5 Å². The largest absolute Gasteiger partial charge is 0.491 e. The Morgan fingerprint density at radius 2 is 2.05 bits per heavy atom. The van der Waals surface area contributed by atoms with E-state index in [0.29, 0.717) is 41.8 Å². The molecule has 1 unspecified atom stereocenters. The number of ether oxygens (including phenoxy) is 2. The van der Waals surface area contributed by atoms with Gasteiger partial charge in [0.25, 0.3) is 11.3 Å². The maximum absolute atomic E-state index is 14.3. The molecule has 2 aromatic carbocycles. The van der Waals surface area contributed by atoms with Crippen LogP contribution in [-0.4, -0.2) is 37.2 Å². The van der Waals surface area contributed by atoms with Crippen molar-refractivity contribution >= 4 is 23.7 Å². The second-order valence-corrected chi connectivity index (χ2v) is 10.5. The number of hydrogen-bond donors (Lipinski definition) is 1. The molecule has 1 amide bonds. The molecule has 8 heteroatoms. The van der Waals surface area contributed by atoms with Gasteiger partial charge in [-0.2, -0.15) is 4.58 Å². The number of carbonyl (C=O) groups is 1. The number of aromatic nitrogens is 1. The first-order valence-corrected chi connectivity index (χ1v) is 14.0. The molecule has 1 aliphatic heterocycles. The van der Waals surface area contributed by atoms with Crippen molar-refractivity contribution in [2.45, 2.75) is 58.4 Å². The Bertz CT molecular complexity index is 1550. The van der Waals surface area contributed by atoms with E-state index in [1.165, 1.54) is 18.9 Å². The number of pyridine rings is 1. The van der Waals surface area contributed by atoms with Crippen LogP contribution >= 0.6 is 11.6 Å². The third-order valence-electron chi connectivity index (χ3n) is 7.30. The maximum Gasteiger partial charge on any atom is 0.261 e. The van der Waals surface area contributed by atoms with Crippen LogP contribution in [0.25, 0.3) is 17.5 Å². The molecule has 1 aromatic heterocycles. The van der Waals surface area contributed by atoms with Crippen LogP contribution in [0.15, 0.2) is 36.4 Å². The van der Waals surface area contributed by atoms with Gasteiger partial charge < -0.3 is 14.8 Å². The molecule has 2 heterocycles. The van der Waals surface area contributed by atoms with Crippen LogP contribution in [0, 0.1) is 12.7 Å². The lowest BCUT2D eigenvalue weighted by Gasteiger charge is -2.21. The highest BCUT2D eigenvalue weighted by Gasteiger charge is 2.37. The number of methoxy groups -OCH3 is 1. The number of nitrogens with zero attached hydrogens (tertiary/aromatic N) is 2. The Labute approximate surface area is 233 Å². The summed E-state index contributed by atoms with van der Waals surface area (Å²) in [6, 6.07) is 11.0. The van der Waals surface area contributed by atoms with E-state index in [1.54, 1.807) is 19.2 Å². The summed E-state index contributed by atoms with van der Waals surface area (Å²) in [5, 5.41) is 5.21. The van der Waals surface area contributed by atoms with Crippen LogP contribution in [0.4, 0.5) is 4.39 Å². The number of rotatable bonds is 11. The first-order chi connectivity index (χ1) is 18.9. The monoisotopic (exact) mass is 550 g/mol. The molecular weight excluding hydrogens is 517 g/mol. The van der Waals surface area contributed by atoms with Gasteiger partial charge in [0.2, 0.25) is 0 Å². The molecule has 1 saturated carbocycles. The molecule has 6 nitrogen and oxygen atoms in total. The van der Waals surface area contributed by atoms with Crippen molar-refractivity contribution in [3.63, 3.8) is 0 Å². The Hall–Kier alpha value is -3.45. The van der Waals surface area contributed by atoms with Gasteiger partial charge in [-0.15, -0.1) is 0 Å². The van der Waals surface area contributed by atoms with Gasteiger partial charge in [0.15, 0.2) is 18.0 Å². The topological polar surface area (TPSA) is 63.5 Å². The van der Waals surface area contributed by atoms with E-state index in [-0.39, 0.29) is 16.8 Å². The molecule has 0 radical (unpaired) electrons. The van der Waals surface area contributed by atoms with Crippen LogP contribution in [0.5, 0.6) is 11.5 Å². The number of fused-ring (bicyclic) bond motifs is 1. The zero-order valence-corrected chi connectivity index (χ0v) is 23.6. The number of carbonyl (C=O) groups excluding carboxylic acids is 1. The van der Waals surface area contributed by atoms with E-state index in [0.717, 1.165) is 40.4 Å². The van der Waals surface area contributed by atoms with Crippen molar-refractivity contribution in [2.75, 3.05) is 20.3 Å². The normalized spacial score (nSPS) is 14.7. The summed E-state index contributed by atoms with van der Waals surface area (Å²) in [6.07, 6.45) is 6.19. The number of halogens is 2. The molecule has 2 aliphatic rings. The Balaban J connectivity index is 1.43. The van der Waals surface area contributed by atoms with Crippen molar-refractivity contribution in [3.8, 4) is 22.8 Å².